The molecule has 0 spiro atoms. The van der Waals surface area contributed by atoms with E-state index in [0.717, 1.165) is 0 Å². The molecule has 1 rings (SSSR count). The van der Waals surface area contributed by atoms with Gasteiger partial charge in [-0.05, 0) is 13.3 Å². The molecule has 0 aromatic carbocycles. The lowest BCUT2D eigenvalue weighted by Crippen LogP contribution is -2.86. The maximum Gasteiger partial charge on any atom is 0.449 e. The van der Waals surface area contributed by atoms with E-state index in [1.807, 2.05) is 0 Å². The molecule has 0 radical (unpaired) electrons. The van der Waals surface area contributed by atoms with Crippen molar-refractivity contribution < 1.29 is 58.9 Å². The Kier molecular flexibility index (Phi) is 4.07. The Morgan fingerprint density at radius 3 is 1.48 bits per heavy atom. The van der Waals surface area contributed by atoms with Gasteiger partial charge in [0.05, 0.1) is 0 Å². The zero-order valence-corrected chi connectivity index (χ0v) is 11.3. The first-order valence-corrected chi connectivity index (χ1v) is 5.81. The van der Waals surface area contributed by atoms with Gasteiger partial charge in [0.1, 0.15) is 0 Å². The van der Waals surface area contributed by atoms with Gasteiger partial charge < -0.3 is 14.9 Å². The molecule has 1 saturated heterocycles. The molecule has 13 heteroatoms. The van der Waals surface area contributed by atoms with E-state index in [4.69, 9.17) is 5.11 Å². The minimum atomic E-state index is -6.62. The number of halogens is 10. The van der Waals surface area contributed by atoms with Crippen molar-refractivity contribution in [2.45, 2.75) is 61.5 Å². The third kappa shape index (κ3) is 2.02. The maximum atomic E-state index is 14.0. The third-order valence-corrected chi connectivity index (χ3v) is 3.85. The van der Waals surface area contributed by atoms with E-state index in [-0.39, 0.29) is 0 Å². The van der Waals surface area contributed by atoms with Gasteiger partial charge in [-0.15, -0.1) is 0 Å². The van der Waals surface area contributed by atoms with E-state index in [1.54, 1.807) is 0 Å². The molecule has 0 bridgehead atoms. The fourth-order valence-corrected chi connectivity index (χ4v) is 2.21. The summed E-state index contributed by atoms with van der Waals surface area (Å²) in [6, 6.07) is 0. The number of aliphatic hydroxyl groups is 2. The summed E-state index contributed by atoms with van der Waals surface area (Å²) in [7, 11) is 0. The number of rotatable bonds is 1. The van der Waals surface area contributed by atoms with Gasteiger partial charge in [0.25, 0.3) is 0 Å². The highest BCUT2D eigenvalue weighted by Crippen LogP contribution is 2.65. The SMILES string of the molecule is CCC1(O)C(F)(F)C(C)(C(F)(F)F)OC(O)(C(F)(F)F)C1(F)F. The molecule has 3 nitrogen and oxygen atoms in total. The van der Waals surface area contributed by atoms with Crippen molar-refractivity contribution in [3.05, 3.63) is 0 Å². The largest absolute Gasteiger partial charge is 0.449 e. The van der Waals surface area contributed by atoms with E-state index in [2.05, 4.69) is 4.74 Å². The van der Waals surface area contributed by atoms with Crippen LogP contribution in [0.15, 0.2) is 0 Å². The minimum absolute atomic E-state index is 0.306. The highest BCUT2D eigenvalue weighted by Gasteiger charge is 2.93. The van der Waals surface area contributed by atoms with E-state index < -0.39 is 54.5 Å². The summed E-state index contributed by atoms with van der Waals surface area (Å²) >= 11 is 0. The van der Waals surface area contributed by atoms with Crippen molar-refractivity contribution >= 4 is 0 Å². The predicted octanol–water partition coefficient (Wildman–Crippen LogP) is 3.00. The quantitative estimate of drug-likeness (QED) is 0.700. The lowest BCUT2D eigenvalue weighted by molar-refractivity contribution is -0.556. The molecule has 23 heavy (non-hydrogen) atoms. The Morgan fingerprint density at radius 2 is 1.22 bits per heavy atom. The molecule has 0 aromatic heterocycles. The Morgan fingerprint density at radius 1 is 0.826 bits per heavy atom. The van der Waals surface area contributed by atoms with Crippen LogP contribution < -0.4 is 0 Å². The molecule has 1 heterocycles. The Balaban J connectivity index is 3.87. The molecule has 138 valence electrons. The first-order chi connectivity index (χ1) is 9.77. The summed E-state index contributed by atoms with van der Waals surface area (Å²) in [4.78, 5) is 0. The van der Waals surface area contributed by atoms with Gasteiger partial charge in [0.15, 0.2) is 0 Å². The van der Waals surface area contributed by atoms with Crippen LogP contribution >= 0.6 is 0 Å². The molecule has 0 aliphatic carbocycles. The molecule has 1 fully saturated rings. The van der Waals surface area contributed by atoms with Crippen LogP contribution in [0, 0.1) is 0 Å². The Hall–Kier alpha value is -0.820. The standard InChI is InChI=1S/C10H10F10O3/c1-3-5(21)6(11,12)4(2,9(15,16)17)23-8(22,7(5,13)14)10(18,19)20/h21-22H,3H2,1-2H3. The molecule has 0 aromatic rings. The summed E-state index contributed by atoms with van der Waals surface area (Å²) in [5.74, 6) is -18.1. The van der Waals surface area contributed by atoms with Gasteiger partial charge in [-0.2, -0.15) is 43.9 Å². The highest BCUT2D eigenvalue weighted by atomic mass is 19.4. The van der Waals surface area contributed by atoms with Gasteiger partial charge in [-0.3, -0.25) is 0 Å². The zero-order valence-electron chi connectivity index (χ0n) is 11.3. The Bertz CT molecular complexity index is 434. The summed E-state index contributed by atoms with van der Waals surface area (Å²) < 4.78 is 135. The molecule has 0 saturated carbocycles. The van der Waals surface area contributed by atoms with Crippen LogP contribution in [0.5, 0.6) is 0 Å². The van der Waals surface area contributed by atoms with Crippen LogP contribution in [0.4, 0.5) is 43.9 Å². The lowest BCUT2D eigenvalue weighted by atomic mass is 9.71. The van der Waals surface area contributed by atoms with E-state index in [1.165, 1.54) is 0 Å². The van der Waals surface area contributed by atoms with Crippen LogP contribution in [0.3, 0.4) is 0 Å². The normalized spacial score (nSPS) is 41.0. The summed E-state index contributed by atoms with van der Waals surface area (Å²) in [6.45, 7) is -0.361. The van der Waals surface area contributed by atoms with Crippen molar-refractivity contribution in [1.29, 1.82) is 0 Å². The summed E-state index contributed by atoms with van der Waals surface area (Å²) in [6.07, 6.45) is -14.9. The van der Waals surface area contributed by atoms with E-state index in [0.29, 0.717) is 6.92 Å². The van der Waals surface area contributed by atoms with Gasteiger partial charge in [-0.25, -0.2) is 0 Å². The predicted molar refractivity (Wildman–Crippen MR) is 51.7 cm³/mol. The smallest absolute Gasteiger partial charge is 0.378 e. The lowest BCUT2D eigenvalue weighted by Gasteiger charge is -2.58. The number of ether oxygens (including phenoxy) is 1. The van der Waals surface area contributed by atoms with Crippen LogP contribution in [0.1, 0.15) is 20.3 Å². The van der Waals surface area contributed by atoms with E-state index in [9.17, 15) is 49.0 Å². The van der Waals surface area contributed by atoms with Crippen LogP contribution in [0.2, 0.25) is 0 Å². The number of alkyl halides is 10. The van der Waals surface area contributed by atoms with Crippen LogP contribution in [0.25, 0.3) is 0 Å². The van der Waals surface area contributed by atoms with Gasteiger partial charge in [0.2, 0.25) is 11.2 Å². The topological polar surface area (TPSA) is 49.7 Å². The van der Waals surface area contributed by atoms with Gasteiger partial charge in [-0.1, -0.05) is 6.92 Å². The third-order valence-electron chi connectivity index (χ3n) is 3.85. The summed E-state index contributed by atoms with van der Waals surface area (Å²) in [5.41, 5.74) is -10.4. The second kappa shape index (κ2) is 4.63. The van der Waals surface area contributed by atoms with Crippen molar-refractivity contribution in [1.82, 2.24) is 0 Å². The fourth-order valence-electron chi connectivity index (χ4n) is 2.21. The molecule has 1 aliphatic heterocycles. The van der Waals surface area contributed by atoms with Crippen LogP contribution in [-0.2, 0) is 4.74 Å². The highest BCUT2D eigenvalue weighted by molar-refractivity contribution is 5.22. The zero-order chi connectivity index (χ0) is 18.9. The molecule has 3 unspecified atom stereocenters. The molecular formula is C10H10F10O3. The monoisotopic (exact) mass is 368 g/mol. The van der Waals surface area contributed by atoms with Crippen molar-refractivity contribution in [3.63, 3.8) is 0 Å². The second-order valence-corrected chi connectivity index (χ2v) is 5.14. The van der Waals surface area contributed by atoms with Crippen LogP contribution in [-0.4, -0.2) is 51.4 Å². The molecular weight excluding hydrogens is 358 g/mol. The van der Waals surface area contributed by atoms with Crippen molar-refractivity contribution in [3.8, 4) is 0 Å². The van der Waals surface area contributed by atoms with Gasteiger partial charge >= 0.3 is 30.0 Å². The molecule has 3 atom stereocenters. The first-order valence-electron chi connectivity index (χ1n) is 5.81. The molecule has 1 aliphatic rings. The number of hydrogen-bond acceptors (Lipinski definition) is 3. The molecule has 0 amide bonds. The average Bonchev–Trinajstić information content (AvgIpc) is 2.32. The fraction of sp³-hybridized carbons (Fsp3) is 1.00. The first kappa shape index (κ1) is 20.2. The maximum absolute atomic E-state index is 14.0. The van der Waals surface area contributed by atoms with Gasteiger partial charge in [0, 0.05) is 0 Å². The Labute approximate surface area is 121 Å². The second-order valence-electron chi connectivity index (χ2n) is 5.14. The minimum Gasteiger partial charge on any atom is -0.378 e. The van der Waals surface area contributed by atoms with Crippen molar-refractivity contribution in [2.75, 3.05) is 0 Å². The van der Waals surface area contributed by atoms with Crippen molar-refractivity contribution in [2.24, 2.45) is 0 Å². The summed E-state index contributed by atoms with van der Waals surface area (Å²) in [5, 5.41) is 18.4. The van der Waals surface area contributed by atoms with E-state index >= 15 is 0 Å². The molecule has 2 N–H and O–H groups in total. The average molecular weight is 368 g/mol. The number of hydrogen-bond donors (Lipinski definition) is 2.